The molecular weight excluding hydrogens is 200 g/mol. The van der Waals surface area contributed by atoms with E-state index in [1.807, 2.05) is 0 Å². The lowest BCUT2D eigenvalue weighted by Gasteiger charge is -2.15. The first-order chi connectivity index (χ1) is 7.77. The van der Waals surface area contributed by atoms with Crippen LogP contribution in [-0.4, -0.2) is 5.16 Å². The van der Waals surface area contributed by atoms with Gasteiger partial charge in [0.25, 0.3) is 0 Å². The molecule has 0 saturated heterocycles. The molecule has 2 aromatic rings. The molecule has 0 bridgehead atoms. The fourth-order valence-corrected chi connectivity index (χ4v) is 1.77. The second-order valence-electron chi connectivity index (χ2n) is 3.99. The molecule has 1 unspecified atom stereocenters. The molecule has 0 saturated carbocycles. The molecule has 0 aliphatic heterocycles. The second-order valence-corrected chi connectivity index (χ2v) is 3.99. The van der Waals surface area contributed by atoms with Crippen molar-refractivity contribution >= 4 is 0 Å². The van der Waals surface area contributed by atoms with E-state index >= 15 is 0 Å². The summed E-state index contributed by atoms with van der Waals surface area (Å²) in [5.74, 6) is 0. The minimum absolute atomic E-state index is 0.330. The normalized spacial score (nSPS) is 12.6. The van der Waals surface area contributed by atoms with Crippen LogP contribution in [0.3, 0.4) is 0 Å². The zero-order chi connectivity index (χ0) is 11.4. The average Bonchev–Trinajstić information content (AvgIpc) is 2.79. The molecule has 1 aromatic carbocycles. The Labute approximate surface area is 95.5 Å². The predicted molar refractivity (Wildman–Crippen MR) is 62.9 cm³/mol. The van der Waals surface area contributed by atoms with Gasteiger partial charge in [-0.2, -0.15) is 0 Å². The third kappa shape index (κ3) is 2.49. The molecule has 0 aliphatic carbocycles. The van der Waals surface area contributed by atoms with E-state index in [4.69, 9.17) is 4.52 Å². The van der Waals surface area contributed by atoms with Crippen LogP contribution < -0.4 is 5.32 Å². The summed E-state index contributed by atoms with van der Waals surface area (Å²) < 4.78 is 4.79. The molecule has 1 heterocycles. The Morgan fingerprint density at radius 3 is 2.88 bits per heavy atom. The van der Waals surface area contributed by atoms with Gasteiger partial charge in [-0.1, -0.05) is 29.4 Å². The van der Waals surface area contributed by atoms with Gasteiger partial charge < -0.3 is 9.84 Å². The van der Waals surface area contributed by atoms with E-state index in [2.05, 4.69) is 48.6 Å². The Morgan fingerprint density at radius 2 is 2.19 bits per heavy atom. The number of hydrogen-bond donors (Lipinski definition) is 1. The fraction of sp³-hybridized carbons (Fsp3) is 0.308. The van der Waals surface area contributed by atoms with Crippen LogP contribution in [0.2, 0.25) is 0 Å². The van der Waals surface area contributed by atoms with Crippen LogP contribution in [0.1, 0.15) is 29.7 Å². The van der Waals surface area contributed by atoms with Crippen LogP contribution >= 0.6 is 0 Å². The topological polar surface area (TPSA) is 38.1 Å². The first-order valence-corrected chi connectivity index (χ1v) is 5.44. The highest BCUT2D eigenvalue weighted by Gasteiger charge is 2.07. The number of hydrogen-bond acceptors (Lipinski definition) is 3. The van der Waals surface area contributed by atoms with Crippen molar-refractivity contribution in [3.05, 3.63) is 53.4 Å². The zero-order valence-corrected chi connectivity index (χ0v) is 9.60. The third-order valence-corrected chi connectivity index (χ3v) is 2.75. The molecule has 0 radical (unpaired) electrons. The molecule has 1 N–H and O–H groups in total. The highest BCUT2D eigenvalue weighted by atomic mass is 16.5. The molecule has 3 heteroatoms. The Hall–Kier alpha value is -1.61. The van der Waals surface area contributed by atoms with Crippen LogP contribution in [0, 0.1) is 6.92 Å². The van der Waals surface area contributed by atoms with E-state index in [9.17, 15) is 0 Å². The summed E-state index contributed by atoms with van der Waals surface area (Å²) in [7, 11) is 0. The van der Waals surface area contributed by atoms with Crippen molar-refractivity contribution in [3.63, 3.8) is 0 Å². The van der Waals surface area contributed by atoms with Gasteiger partial charge in [0.15, 0.2) is 0 Å². The van der Waals surface area contributed by atoms with Crippen molar-refractivity contribution in [1.29, 1.82) is 0 Å². The van der Waals surface area contributed by atoms with E-state index in [1.165, 1.54) is 11.1 Å². The van der Waals surface area contributed by atoms with Crippen LogP contribution in [0.15, 0.2) is 41.2 Å². The molecule has 0 amide bonds. The minimum atomic E-state index is 0.330. The van der Waals surface area contributed by atoms with Crippen molar-refractivity contribution in [2.75, 3.05) is 0 Å². The minimum Gasteiger partial charge on any atom is -0.364 e. The molecule has 0 aliphatic rings. The largest absolute Gasteiger partial charge is 0.364 e. The average molecular weight is 216 g/mol. The van der Waals surface area contributed by atoms with Crippen molar-refractivity contribution in [2.24, 2.45) is 0 Å². The van der Waals surface area contributed by atoms with E-state index in [-0.39, 0.29) is 0 Å². The van der Waals surface area contributed by atoms with E-state index in [0.29, 0.717) is 6.04 Å². The lowest BCUT2D eigenvalue weighted by Crippen LogP contribution is -2.18. The Kier molecular flexibility index (Phi) is 3.37. The monoisotopic (exact) mass is 216 g/mol. The molecule has 0 fully saturated rings. The summed E-state index contributed by atoms with van der Waals surface area (Å²) in [5, 5.41) is 7.12. The van der Waals surface area contributed by atoms with E-state index in [1.54, 1.807) is 12.5 Å². The van der Waals surface area contributed by atoms with Gasteiger partial charge >= 0.3 is 0 Å². The number of rotatable bonds is 4. The maximum atomic E-state index is 4.79. The predicted octanol–water partition coefficient (Wildman–Crippen LogP) is 2.83. The van der Waals surface area contributed by atoms with Crippen molar-refractivity contribution in [2.45, 2.75) is 26.4 Å². The number of nitrogens with zero attached hydrogens (tertiary/aromatic N) is 1. The maximum Gasteiger partial charge on any atom is 0.128 e. The maximum absolute atomic E-state index is 4.79. The van der Waals surface area contributed by atoms with Gasteiger partial charge in [-0.3, -0.25) is 0 Å². The van der Waals surface area contributed by atoms with Crippen LogP contribution in [0.5, 0.6) is 0 Å². The zero-order valence-electron chi connectivity index (χ0n) is 9.60. The van der Waals surface area contributed by atoms with Crippen LogP contribution in [0.25, 0.3) is 0 Å². The van der Waals surface area contributed by atoms with Gasteiger partial charge in [0.1, 0.15) is 6.26 Å². The Balaban J connectivity index is 1.98. The van der Waals surface area contributed by atoms with Crippen molar-refractivity contribution in [1.82, 2.24) is 10.5 Å². The van der Waals surface area contributed by atoms with Crippen molar-refractivity contribution < 1.29 is 4.52 Å². The van der Waals surface area contributed by atoms with Gasteiger partial charge in [-0.25, -0.2) is 0 Å². The van der Waals surface area contributed by atoms with Crippen LogP contribution in [-0.2, 0) is 6.54 Å². The first kappa shape index (κ1) is 10.9. The highest BCUT2D eigenvalue weighted by Crippen LogP contribution is 2.16. The molecule has 1 atom stereocenters. The number of aryl methyl sites for hydroxylation is 1. The summed E-state index contributed by atoms with van der Waals surface area (Å²) in [6.07, 6.45) is 3.40. The number of aromatic nitrogens is 1. The molecule has 3 nitrogen and oxygen atoms in total. The lowest BCUT2D eigenvalue weighted by atomic mass is 10.0. The number of nitrogens with one attached hydrogen (secondary N) is 1. The van der Waals surface area contributed by atoms with Gasteiger partial charge in [0.2, 0.25) is 0 Å². The van der Waals surface area contributed by atoms with Gasteiger partial charge in [-0.05, 0) is 25.0 Å². The Morgan fingerprint density at radius 1 is 1.38 bits per heavy atom. The summed E-state index contributed by atoms with van der Waals surface area (Å²) in [5.41, 5.74) is 3.72. The van der Waals surface area contributed by atoms with Crippen molar-refractivity contribution in [3.8, 4) is 0 Å². The second kappa shape index (κ2) is 4.94. The lowest BCUT2D eigenvalue weighted by molar-refractivity contribution is 0.418. The Bertz CT molecular complexity index is 437. The fourth-order valence-electron chi connectivity index (χ4n) is 1.77. The molecule has 0 spiro atoms. The smallest absolute Gasteiger partial charge is 0.128 e. The molecule has 2 rings (SSSR count). The molecule has 1 aromatic heterocycles. The standard InChI is InChI=1S/C13H16N2O/c1-10-5-3-4-6-13(10)11(2)14-7-12-8-15-16-9-12/h3-6,8-9,11,14H,7H2,1-2H3. The van der Waals surface area contributed by atoms with Crippen LogP contribution in [0.4, 0.5) is 0 Å². The summed E-state index contributed by atoms with van der Waals surface area (Å²) in [6, 6.07) is 8.75. The molecule has 84 valence electrons. The van der Waals surface area contributed by atoms with E-state index < -0.39 is 0 Å². The first-order valence-electron chi connectivity index (χ1n) is 5.44. The summed E-state index contributed by atoms with van der Waals surface area (Å²) in [4.78, 5) is 0. The summed E-state index contributed by atoms with van der Waals surface area (Å²) >= 11 is 0. The molecule has 16 heavy (non-hydrogen) atoms. The van der Waals surface area contributed by atoms with E-state index in [0.717, 1.165) is 12.1 Å². The highest BCUT2D eigenvalue weighted by molar-refractivity contribution is 5.28. The molecular formula is C13H16N2O. The number of benzene rings is 1. The van der Waals surface area contributed by atoms with Gasteiger partial charge in [-0.15, -0.1) is 0 Å². The SMILES string of the molecule is Cc1ccccc1C(C)NCc1cnoc1. The van der Waals surface area contributed by atoms with Gasteiger partial charge in [0, 0.05) is 18.2 Å². The quantitative estimate of drug-likeness (QED) is 0.854. The summed E-state index contributed by atoms with van der Waals surface area (Å²) in [6.45, 7) is 5.07. The van der Waals surface area contributed by atoms with Gasteiger partial charge in [0.05, 0.1) is 6.20 Å². The third-order valence-electron chi connectivity index (χ3n) is 2.75.